The molecule has 162 valence electrons. The fourth-order valence-corrected chi connectivity index (χ4v) is 3.29. The molecular weight excluding hydrogens is 398 g/mol. The molecule has 0 saturated heterocycles. The van der Waals surface area contributed by atoms with Gasteiger partial charge in [-0.05, 0) is 44.5 Å². The highest BCUT2D eigenvalue weighted by Crippen LogP contribution is 2.24. The van der Waals surface area contributed by atoms with Crippen molar-refractivity contribution < 1.29 is 23.9 Å². The summed E-state index contributed by atoms with van der Waals surface area (Å²) in [6, 6.07) is 11.9. The van der Waals surface area contributed by atoms with E-state index in [9.17, 15) is 19.2 Å². The second-order valence-electron chi connectivity index (χ2n) is 7.23. The van der Waals surface area contributed by atoms with Crippen molar-refractivity contribution in [3.8, 4) is 5.75 Å². The summed E-state index contributed by atoms with van der Waals surface area (Å²) in [6.07, 6.45) is 0.500. The number of amides is 4. The number of hydrogen-bond donors (Lipinski definition) is 2. The summed E-state index contributed by atoms with van der Waals surface area (Å²) in [7, 11) is 0. The predicted octanol–water partition coefficient (Wildman–Crippen LogP) is 2.52. The molecule has 2 aromatic rings. The van der Waals surface area contributed by atoms with Gasteiger partial charge in [-0.1, -0.05) is 17.7 Å². The Morgan fingerprint density at radius 3 is 2.55 bits per heavy atom. The van der Waals surface area contributed by atoms with Crippen molar-refractivity contribution >= 4 is 29.3 Å². The second-order valence-corrected chi connectivity index (χ2v) is 7.23. The average Bonchev–Trinajstić information content (AvgIpc) is 2.97. The fraction of sp³-hybridized carbons (Fsp3) is 0.304. The maximum atomic E-state index is 12.5. The van der Waals surface area contributed by atoms with Crippen molar-refractivity contribution in [2.45, 2.75) is 26.7 Å². The Kier molecular flexibility index (Phi) is 7.02. The Balaban J connectivity index is 1.48. The number of aryl methyl sites for hydroxylation is 1. The molecule has 0 radical (unpaired) electrons. The van der Waals surface area contributed by atoms with Crippen LogP contribution in [0, 0.1) is 6.92 Å². The molecule has 1 aliphatic heterocycles. The van der Waals surface area contributed by atoms with E-state index >= 15 is 0 Å². The smallest absolute Gasteiger partial charge is 0.261 e. The minimum absolute atomic E-state index is 0.106. The van der Waals surface area contributed by atoms with Crippen molar-refractivity contribution in [3.63, 3.8) is 0 Å². The lowest BCUT2D eigenvalue weighted by atomic mass is 10.1. The summed E-state index contributed by atoms with van der Waals surface area (Å²) in [6.45, 7) is 4.28. The lowest BCUT2D eigenvalue weighted by Crippen LogP contribution is -2.31. The van der Waals surface area contributed by atoms with Crippen LogP contribution < -0.4 is 15.4 Å². The van der Waals surface area contributed by atoms with Gasteiger partial charge in [-0.2, -0.15) is 0 Å². The number of fused-ring (bicyclic) bond motifs is 1. The molecule has 0 saturated carbocycles. The van der Waals surface area contributed by atoms with E-state index in [0.717, 1.165) is 5.56 Å². The first kappa shape index (κ1) is 22.0. The predicted molar refractivity (Wildman–Crippen MR) is 115 cm³/mol. The van der Waals surface area contributed by atoms with Crippen LogP contribution in [0.15, 0.2) is 42.5 Å². The third-order valence-electron chi connectivity index (χ3n) is 4.77. The molecule has 2 N–H and O–H groups in total. The zero-order valence-electron chi connectivity index (χ0n) is 17.6. The lowest BCUT2D eigenvalue weighted by Gasteiger charge is -2.13. The summed E-state index contributed by atoms with van der Waals surface area (Å²) in [5.74, 6) is -0.641. The minimum Gasteiger partial charge on any atom is -0.484 e. The topological polar surface area (TPSA) is 105 Å². The third kappa shape index (κ3) is 5.48. The summed E-state index contributed by atoms with van der Waals surface area (Å²) < 4.78 is 5.41. The fourth-order valence-electron chi connectivity index (χ4n) is 3.29. The maximum Gasteiger partial charge on any atom is 0.261 e. The molecular formula is C23H25N3O5. The van der Waals surface area contributed by atoms with Crippen molar-refractivity contribution in [1.29, 1.82) is 0 Å². The number of imide groups is 1. The number of carbonyl (C=O) groups is 4. The van der Waals surface area contributed by atoms with Gasteiger partial charge in [0.05, 0.1) is 11.1 Å². The van der Waals surface area contributed by atoms with Crippen LogP contribution in [0.4, 0.5) is 5.69 Å². The van der Waals surface area contributed by atoms with E-state index in [2.05, 4.69) is 10.6 Å². The summed E-state index contributed by atoms with van der Waals surface area (Å²) in [5, 5.41) is 5.40. The first-order chi connectivity index (χ1) is 14.9. The molecule has 1 aliphatic rings. The van der Waals surface area contributed by atoms with Gasteiger partial charge in [0.1, 0.15) is 5.75 Å². The summed E-state index contributed by atoms with van der Waals surface area (Å²) in [4.78, 5) is 49.9. The van der Waals surface area contributed by atoms with Gasteiger partial charge in [0.2, 0.25) is 5.91 Å². The van der Waals surface area contributed by atoms with E-state index < -0.39 is 0 Å². The van der Waals surface area contributed by atoms with Crippen LogP contribution in [0.1, 0.15) is 46.0 Å². The molecule has 0 atom stereocenters. The molecule has 2 aromatic carbocycles. The number of ether oxygens (including phenoxy) is 1. The van der Waals surface area contributed by atoms with Gasteiger partial charge in [0, 0.05) is 31.3 Å². The number of carbonyl (C=O) groups excluding carboxylic acids is 4. The zero-order chi connectivity index (χ0) is 22.4. The Morgan fingerprint density at radius 2 is 1.77 bits per heavy atom. The van der Waals surface area contributed by atoms with Crippen LogP contribution in [0.5, 0.6) is 5.75 Å². The van der Waals surface area contributed by atoms with Gasteiger partial charge in [0.25, 0.3) is 17.7 Å². The minimum atomic E-state index is -0.322. The van der Waals surface area contributed by atoms with Gasteiger partial charge in [0.15, 0.2) is 6.61 Å². The van der Waals surface area contributed by atoms with Crippen LogP contribution in [0.25, 0.3) is 0 Å². The molecule has 0 fully saturated rings. The van der Waals surface area contributed by atoms with E-state index in [1.807, 2.05) is 13.8 Å². The Morgan fingerprint density at radius 1 is 1.00 bits per heavy atom. The molecule has 4 amide bonds. The van der Waals surface area contributed by atoms with Gasteiger partial charge in [-0.15, -0.1) is 0 Å². The highest BCUT2D eigenvalue weighted by molar-refractivity contribution is 6.21. The van der Waals surface area contributed by atoms with E-state index in [0.29, 0.717) is 35.5 Å². The van der Waals surface area contributed by atoms with Gasteiger partial charge in [-0.25, -0.2) is 0 Å². The van der Waals surface area contributed by atoms with Gasteiger partial charge in [-0.3, -0.25) is 24.1 Å². The number of anilines is 1. The Bertz CT molecular complexity index is 1020. The monoisotopic (exact) mass is 423 g/mol. The van der Waals surface area contributed by atoms with Crippen LogP contribution in [-0.4, -0.2) is 48.2 Å². The highest BCUT2D eigenvalue weighted by atomic mass is 16.5. The summed E-state index contributed by atoms with van der Waals surface area (Å²) in [5.41, 5.74) is 2.27. The van der Waals surface area contributed by atoms with Gasteiger partial charge >= 0.3 is 0 Å². The Hall–Kier alpha value is -3.68. The molecule has 0 aromatic heterocycles. The number of rotatable bonds is 9. The molecule has 8 heteroatoms. The maximum absolute atomic E-state index is 12.5. The lowest BCUT2D eigenvalue weighted by molar-refractivity contribution is -0.123. The first-order valence-corrected chi connectivity index (χ1v) is 10.1. The van der Waals surface area contributed by atoms with E-state index in [-0.39, 0.29) is 43.2 Å². The number of hydrogen-bond acceptors (Lipinski definition) is 5. The highest BCUT2D eigenvalue weighted by Gasteiger charge is 2.34. The largest absolute Gasteiger partial charge is 0.484 e. The van der Waals surface area contributed by atoms with Crippen LogP contribution in [-0.2, 0) is 9.59 Å². The van der Waals surface area contributed by atoms with Crippen molar-refractivity contribution in [3.05, 3.63) is 59.2 Å². The zero-order valence-corrected chi connectivity index (χ0v) is 17.6. The molecule has 8 nitrogen and oxygen atoms in total. The van der Waals surface area contributed by atoms with Crippen LogP contribution in [0.3, 0.4) is 0 Å². The molecule has 0 unspecified atom stereocenters. The van der Waals surface area contributed by atoms with Gasteiger partial charge < -0.3 is 15.4 Å². The molecule has 0 bridgehead atoms. The SMILES string of the molecule is CCNC(=O)COc1cccc(NC(=O)CCCN2C(=O)c3ccc(C)cc3C2=O)c1. The average molecular weight is 423 g/mol. The van der Waals surface area contributed by atoms with Crippen molar-refractivity contribution in [2.24, 2.45) is 0 Å². The second kappa shape index (κ2) is 9.88. The summed E-state index contributed by atoms with van der Waals surface area (Å²) >= 11 is 0. The third-order valence-corrected chi connectivity index (χ3v) is 4.77. The van der Waals surface area contributed by atoms with Crippen molar-refractivity contribution in [1.82, 2.24) is 10.2 Å². The number of likely N-dealkylation sites (N-methyl/N-ethyl adjacent to an activating group) is 1. The number of nitrogens with zero attached hydrogens (tertiary/aromatic N) is 1. The molecule has 1 heterocycles. The van der Waals surface area contributed by atoms with E-state index in [1.165, 1.54) is 4.90 Å². The van der Waals surface area contributed by atoms with E-state index in [4.69, 9.17) is 4.74 Å². The standard InChI is InChI=1S/C23H25N3O5/c1-3-24-21(28)14-31-17-7-4-6-16(13-17)25-20(27)8-5-11-26-22(29)18-10-9-15(2)12-19(18)23(26)30/h4,6-7,9-10,12-13H,3,5,8,11,14H2,1-2H3,(H,24,28)(H,25,27). The van der Waals surface area contributed by atoms with Crippen LogP contribution >= 0.6 is 0 Å². The molecule has 0 aliphatic carbocycles. The first-order valence-electron chi connectivity index (χ1n) is 10.1. The van der Waals surface area contributed by atoms with Crippen molar-refractivity contribution in [2.75, 3.05) is 25.0 Å². The molecule has 3 rings (SSSR count). The number of benzene rings is 2. The molecule has 31 heavy (non-hydrogen) atoms. The van der Waals surface area contributed by atoms with E-state index in [1.54, 1.807) is 42.5 Å². The quantitative estimate of drug-likeness (QED) is 0.603. The Labute approximate surface area is 180 Å². The number of nitrogens with one attached hydrogen (secondary N) is 2. The molecule has 0 spiro atoms. The normalized spacial score (nSPS) is 12.5. The van der Waals surface area contributed by atoms with Crippen LogP contribution in [0.2, 0.25) is 0 Å².